The minimum atomic E-state index is -3.42. The predicted octanol–water partition coefficient (Wildman–Crippen LogP) is 2.62. The highest BCUT2D eigenvalue weighted by Crippen LogP contribution is 2.45. The minimum absolute atomic E-state index is 0.114. The number of hydrogen-bond acceptors (Lipinski definition) is 5. The Bertz CT molecular complexity index is 1150. The summed E-state index contributed by atoms with van der Waals surface area (Å²) in [6, 6.07) is 17.6. The molecular formula is C26H33N3O4S. The van der Waals surface area contributed by atoms with Crippen LogP contribution in [0.4, 0.5) is 0 Å². The molecule has 0 saturated carbocycles. The molecule has 0 radical (unpaired) electrons. The van der Waals surface area contributed by atoms with Crippen molar-refractivity contribution in [2.75, 3.05) is 18.6 Å². The second kappa shape index (κ2) is 9.88. The van der Waals surface area contributed by atoms with Gasteiger partial charge in [0.15, 0.2) is 9.84 Å². The molecule has 0 aromatic heterocycles. The highest BCUT2D eigenvalue weighted by Gasteiger charge is 2.45. The molecule has 3 atom stereocenters. The Hall–Kier alpha value is -2.71. The lowest BCUT2D eigenvalue weighted by Gasteiger charge is -2.41. The molecule has 4 rings (SSSR count). The number of piperidine rings is 1. The number of fused-ring (bicyclic) bond motifs is 2. The smallest absolute Gasteiger partial charge is 0.248 e. The van der Waals surface area contributed by atoms with E-state index in [-0.39, 0.29) is 11.4 Å². The molecule has 182 valence electrons. The fourth-order valence-corrected chi connectivity index (χ4v) is 6.15. The summed E-state index contributed by atoms with van der Waals surface area (Å²) in [5.74, 6) is -0.957. The number of hydrogen-bond donors (Lipinski definition) is 2. The van der Waals surface area contributed by atoms with Crippen LogP contribution in [0.5, 0.6) is 0 Å². The van der Waals surface area contributed by atoms with E-state index < -0.39 is 21.5 Å². The number of nitrogens with zero attached hydrogens (tertiary/aromatic N) is 1. The molecule has 2 bridgehead atoms. The number of nitrogens with one attached hydrogen (secondary N) is 1. The van der Waals surface area contributed by atoms with Crippen LogP contribution in [0.2, 0.25) is 0 Å². The summed E-state index contributed by atoms with van der Waals surface area (Å²) in [7, 11) is -3.42. The van der Waals surface area contributed by atoms with Gasteiger partial charge in [-0.2, -0.15) is 0 Å². The molecule has 0 aliphatic carbocycles. The Labute approximate surface area is 201 Å². The standard InChI is InChI=1S/C26H33N3O4S/c1-34(32,33)18-24(30)29(17-19-6-3-2-4-7-19)13-12-26-11-10-23(28-26)15-22(16-26)20-8-5-9-21(14-20)25(27)31/h2-9,14,22-23,28H,10-13,15-18H2,1H3,(H2,27,31). The van der Waals surface area contributed by atoms with E-state index in [1.807, 2.05) is 42.5 Å². The maximum atomic E-state index is 12.9. The summed E-state index contributed by atoms with van der Waals surface area (Å²) >= 11 is 0. The normalized spacial score (nSPS) is 24.0. The quantitative estimate of drug-likeness (QED) is 0.570. The van der Waals surface area contributed by atoms with Gasteiger partial charge in [0.05, 0.1) is 0 Å². The van der Waals surface area contributed by atoms with Gasteiger partial charge in [-0.1, -0.05) is 42.5 Å². The van der Waals surface area contributed by atoms with Gasteiger partial charge < -0.3 is 16.0 Å². The lowest BCUT2D eigenvalue weighted by Crippen LogP contribution is -2.51. The Balaban J connectivity index is 1.50. The monoisotopic (exact) mass is 483 g/mol. The summed E-state index contributed by atoms with van der Waals surface area (Å²) in [6.07, 6.45) is 5.85. The minimum Gasteiger partial charge on any atom is -0.366 e. The van der Waals surface area contributed by atoms with Crippen molar-refractivity contribution in [2.24, 2.45) is 5.73 Å². The third-order valence-corrected chi connectivity index (χ3v) is 7.92. The van der Waals surface area contributed by atoms with Crippen molar-refractivity contribution >= 4 is 21.7 Å². The molecule has 2 aliphatic heterocycles. The van der Waals surface area contributed by atoms with E-state index in [0.29, 0.717) is 30.6 Å². The van der Waals surface area contributed by atoms with E-state index in [1.165, 1.54) is 0 Å². The molecule has 2 aromatic rings. The first kappa shape index (κ1) is 24.4. The molecule has 2 amide bonds. The van der Waals surface area contributed by atoms with Crippen LogP contribution in [0.25, 0.3) is 0 Å². The number of carbonyl (C=O) groups excluding carboxylic acids is 2. The van der Waals surface area contributed by atoms with Gasteiger partial charge >= 0.3 is 0 Å². The summed E-state index contributed by atoms with van der Waals surface area (Å²) in [4.78, 5) is 26.2. The van der Waals surface area contributed by atoms with Gasteiger partial charge in [0.1, 0.15) is 5.75 Å². The van der Waals surface area contributed by atoms with Crippen LogP contribution in [-0.4, -0.2) is 55.3 Å². The highest BCUT2D eigenvalue weighted by molar-refractivity contribution is 7.91. The van der Waals surface area contributed by atoms with Gasteiger partial charge in [-0.3, -0.25) is 9.59 Å². The van der Waals surface area contributed by atoms with Crippen molar-refractivity contribution in [1.82, 2.24) is 10.2 Å². The Morgan fingerprint density at radius 1 is 1.15 bits per heavy atom. The van der Waals surface area contributed by atoms with E-state index in [4.69, 9.17) is 5.73 Å². The average Bonchev–Trinajstić information content (AvgIpc) is 3.10. The molecule has 2 fully saturated rings. The Kier molecular flexibility index (Phi) is 7.09. The lowest BCUT2D eigenvalue weighted by molar-refractivity contribution is -0.129. The van der Waals surface area contributed by atoms with Crippen LogP contribution >= 0.6 is 0 Å². The molecule has 3 N–H and O–H groups in total. The van der Waals surface area contributed by atoms with Crippen molar-refractivity contribution in [3.63, 3.8) is 0 Å². The maximum absolute atomic E-state index is 12.9. The zero-order chi connectivity index (χ0) is 24.3. The number of benzene rings is 2. The zero-order valence-electron chi connectivity index (χ0n) is 19.6. The molecule has 2 aliphatic rings. The fourth-order valence-electron chi connectivity index (χ4n) is 5.52. The first-order chi connectivity index (χ1) is 16.1. The predicted molar refractivity (Wildman–Crippen MR) is 132 cm³/mol. The van der Waals surface area contributed by atoms with Crippen molar-refractivity contribution in [3.05, 3.63) is 71.3 Å². The number of primary amides is 1. The topological polar surface area (TPSA) is 110 Å². The Morgan fingerprint density at radius 2 is 1.91 bits per heavy atom. The number of sulfone groups is 1. The van der Waals surface area contributed by atoms with Crippen molar-refractivity contribution in [2.45, 2.75) is 56.1 Å². The summed E-state index contributed by atoms with van der Waals surface area (Å²) < 4.78 is 23.6. The van der Waals surface area contributed by atoms with Gasteiger partial charge in [0.2, 0.25) is 11.8 Å². The van der Waals surface area contributed by atoms with E-state index in [1.54, 1.807) is 11.0 Å². The van der Waals surface area contributed by atoms with Gasteiger partial charge in [-0.05, 0) is 61.3 Å². The molecule has 2 aromatic carbocycles. The summed E-state index contributed by atoms with van der Waals surface area (Å²) in [5.41, 5.74) is 8.01. The van der Waals surface area contributed by atoms with Gasteiger partial charge in [0.25, 0.3) is 0 Å². The zero-order valence-corrected chi connectivity index (χ0v) is 20.4. The number of nitrogens with two attached hydrogens (primary N) is 1. The maximum Gasteiger partial charge on any atom is 0.248 e. The second-order valence-corrected chi connectivity index (χ2v) is 12.0. The van der Waals surface area contributed by atoms with Crippen LogP contribution in [0, 0.1) is 0 Å². The number of rotatable bonds is 9. The second-order valence-electron chi connectivity index (χ2n) is 9.91. The highest BCUT2D eigenvalue weighted by atomic mass is 32.2. The van der Waals surface area contributed by atoms with E-state index in [0.717, 1.165) is 49.5 Å². The van der Waals surface area contributed by atoms with Crippen molar-refractivity contribution in [3.8, 4) is 0 Å². The van der Waals surface area contributed by atoms with E-state index in [2.05, 4.69) is 11.4 Å². The van der Waals surface area contributed by atoms with Gasteiger partial charge in [0, 0.05) is 36.5 Å². The molecule has 34 heavy (non-hydrogen) atoms. The SMILES string of the molecule is CS(=O)(=O)CC(=O)N(CCC12CCC(CC(c3cccc(C(N)=O)c3)C1)N2)Cc1ccccc1. The number of carbonyl (C=O) groups is 2. The molecular weight excluding hydrogens is 450 g/mol. The Morgan fingerprint density at radius 3 is 2.62 bits per heavy atom. The molecule has 2 heterocycles. The van der Waals surface area contributed by atoms with Crippen LogP contribution in [0.15, 0.2) is 54.6 Å². The largest absolute Gasteiger partial charge is 0.366 e. The summed E-state index contributed by atoms with van der Waals surface area (Å²) in [6.45, 7) is 0.871. The fraction of sp³-hybridized carbons (Fsp3) is 0.462. The molecule has 0 spiro atoms. The third-order valence-electron chi connectivity index (χ3n) is 7.15. The van der Waals surface area contributed by atoms with Crippen molar-refractivity contribution < 1.29 is 18.0 Å². The third kappa shape index (κ3) is 6.04. The molecule has 2 saturated heterocycles. The van der Waals surface area contributed by atoms with Gasteiger partial charge in [-0.15, -0.1) is 0 Å². The van der Waals surface area contributed by atoms with Crippen molar-refractivity contribution in [1.29, 1.82) is 0 Å². The summed E-state index contributed by atoms with van der Waals surface area (Å²) in [5, 5.41) is 3.80. The van der Waals surface area contributed by atoms with Crippen LogP contribution in [-0.2, 0) is 21.2 Å². The molecule has 7 nitrogen and oxygen atoms in total. The average molecular weight is 484 g/mol. The van der Waals surface area contributed by atoms with Crippen LogP contribution in [0.1, 0.15) is 59.5 Å². The number of amides is 2. The lowest BCUT2D eigenvalue weighted by atomic mass is 9.77. The van der Waals surface area contributed by atoms with Gasteiger partial charge in [-0.25, -0.2) is 8.42 Å². The van der Waals surface area contributed by atoms with Crippen LogP contribution < -0.4 is 11.1 Å². The first-order valence-corrected chi connectivity index (χ1v) is 13.9. The van der Waals surface area contributed by atoms with E-state index >= 15 is 0 Å². The van der Waals surface area contributed by atoms with Crippen LogP contribution in [0.3, 0.4) is 0 Å². The molecule has 3 unspecified atom stereocenters. The first-order valence-electron chi connectivity index (χ1n) is 11.8. The molecule has 8 heteroatoms. The van der Waals surface area contributed by atoms with E-state index in [9.17, 15) is 18.0 Å².